The van der Waals surface area contributed by atoms with Crippen LogP contribution in [0.25, 0.3) is 10.4 Å². The van der Waals surface area contributed by atoms with Crippen LogP contribution in [0.5, 0.6) is 0 Å². The van der Waals surface area contributed by atoms with E-state index in [1.54, 1.807) is 11.3 Å². The third-order valence-corrected chi connectivity index (χ3v) is 4.21. The minimum Gasteiger partial charge on any atom is -0.330 e. The molecule has 0 saturated heterocycles. The highest BCUT2D eigenvalue weighted by Gasteiger charge is 2.09. The van der Waals surface area contributed by atoms with Gasteiger partial charge in [-0.05, 0) is 59.7 Å². The molecule has 0 aliphatic heterocycles. The number of benzene rings is 1. The maximum Gasteiger partial charge on any atom is 0.0409 e. The lowest BCUT2D eigenvalue weighted by atomic mass is 10.0. The van der Waals surface area contributed by atoms with Gasteiger partial charge in [0.05, 0.1) is 0 Å². The van der Waals surface area contributed by atoms with E-state index in [4.69, 9.17) is 17.3 Å². The Morgan fingerprint density at radius 3 is 2.76 bits per heavy atom. The first-order chi connectivity index (χ1) is 8.11. The van der Waals surface area contributed by atoms with Crippen LogP contribution in [0.4, 0.5) is 0 Å². The molecule has 1 atom stereocenters. The molecule has 0 spiro atoms. The van der Waals surface area contributed by atoms with Gasteiger partial charge in [0, 0.05) is 9.90 Å². The van der Waals surface area contributed by atoms with Crippen molar-refractivity contribution >= 4 is 22.9 Å². The summed E-state index contributed by atoms with van der Waals surface area (Å²) >= 11 is 7.74. The standard InChI is InChI=1S/C14H16ClNS/c1-9-5-12(15)3-4-13(9)14-6-11(8-17-14)10(2)7-16/h3-6,8,10H,7,16H2,1-2H3. The molecule has 1 unspecified atom stereocenters. The Bertz CT molecular complexity index is 519. The minimum absolute atomic E-state index is 0.424. The van der Waals surface area contributed by atoms with Gasteiger partial charge in [-0.15, -0.1) is 11.3 Å². The monoisotopic (exact) mass is 265 g/mol. The summed E-state index contributed by atoms with van der Waals surface area (Å²) in [5, 5.41) is 2.99. The van der Waals surface area contributed by atoms with Crippen molar-refractivity contribution in [3.8, 4) is 10.4 Å². The van der Waals surface area contributed by atoms with Gasteiger partial charge in [-0.25, -0.2) is 0 Å². The smallest absolute Gasteiger partial charge is 0.0409 e. The number of rotatable bonds is 3. The molecular formula is C14H16ClNS. The molecule has 0 bridgehead atoms. The molecule has 0 fully saturated rings. The molecule has 1 aromatic heterocycles. The molecule has 0 saturated carbocycles. The van der Waals surface area contributed by atoms with E-state index in [1.165, 1.54) is 21.6 Å². The Morgan fingerprint density at radius 1 is 1.35 bits per heavy atom. The largest absolute Gasteiger partial charge is 0.330 e. The molecule has 90 valence electrons. The first-order valence-corrected chi connectivity index (χ1v) is 6.92. The number of thiophene rings is 1. The van der Waals surface area contributed by atoms with E-state index in [0.29, 0.717) is 12.5 Å². The topological polar surface area (TPSA) is 26.0 Å². The predicted octanol–water partition coefficient (Wildman–Crippen LogP) is 4.44. The second kappa shape index (κ2) is 5.21. The summed E-state index contributed by atoms with van der Waals surface area (Å²) in [7, 11) is 0. The van der Waals surface area contributed by atoms with Crippen molar-refractivity contribution in [1.29, 1.82) is 0 Å². The summed E-state index contributed by atoms with van der Waals surface area (Å²) in [6.07, 6.45) is 0. The Kier molecular flexibility index (Phi) is 3.87. The Balaban J connectivity index is 2.37. The number of halogens is 1. The molecule has 2 rings (SSSR count). The van der Waals surface area contributed by atoms with Crippen LogP contribution >= 0.6 is 22.9 Å². The number of nitrogens with two attached hydrogens (primary N) is 1. The maximum absolute atomic E-state index is 5.97. The van der Waals surface area contributed by atoms with E-state index >= 15 is 0 Å². The third kappa shape index (κ3) is 2.71. The van der Waals surface area contributed by atoms with E-state index in [9.17, 15) is 0 Å². The molecule has 0 amide bonds. The molecular weight excluding hydrogens is 250 g/mol. The molecule has 1 aromatic carbocycles. The Labute approximate surface area is 111 Å². The van der Waals surface area contributed by atoms with Crippen LogP contribution in [0.1, 0.15) is 24.0 Å². The van der Waals surface area contributed by atoms with Crippen LogP contribution < -0.4 is 5.73 Å². The summed E-state index contributed by atoms with van der Waals surface area (Å²) < 4.78 is 0. The van der Waals surface area contributed by atoms with Crippen molar-refractivity contribution in [2.24, 2.45) is 5.73 Å². The van der Waals surface area contributed by atoms with Crippen molar-refractivity contribution in [2.45, 2.75) is 19.8 Å². The van der Waals surface area contributed by atoms with Crippen molar-refractivity contribution in [3.05, 3.63) is 45.8 Å². The van der Waals surface area contributed by atoms with Gasteiger partial charge in [0.25, 0.3) is 0 Å². The van der Waals surface area contributed by atoms with Crippen LogP contribution in [0.3, 0.4) is 0 Å². The van der Waals surface area contributed by atoms with Crippen molar-refractivity contribution in [1.82, 2.24) is 0 Å². The van der Waals surface area contributed by atoms with Crippen LogP contribution in [-0.2, 0) is 0 Å². The van der Waals surface area contributed by atoms with Crippen LogP contribution in [0.15, 0.2) is 29.6 Å². The average Bonchev–Trinajstić information content (AvgIpc) is 2.77. The van der Waals surface area contributed by atoms with Gasteiger partial charge < -0.3 is 5.73 Å². The third-order valence-electron chi connectivity index (χ3n) is 3.00. The SMILES string of the molecule is Cc1cc(Cl)ccc1-c1cc(C(C)CN)cs1. The molecule has 1 heterocycles. The maximum atomic E-state index is 5.97. The molecule has 3 heteroatoms. The van der Waals surface area contributed by atoms with Gasteiger partial charge >= 0.3 is 0 Å². The Hall–Kier alpha value is -0.830. The van der Waals surface area contributed by atoms with Crippen molar-refractivity contribution in [3.63, 3.8) is 0 Å². The predicted molar refractivity (Wildman–Crippen MR) is 77.0 cm³/mol. The van der Waals surface area contributed by atoms with Crippen molar-refractivity contribution in [2.75, 3.05) is 6.54 Å². The lowest BCUT2D eigenvalue weighted by Gasteiger charge is -2.05. The zero-order chi connectivity index (χ0) is 12.4. The van der Waals surface area contributed by atoms with E-state index in [0.717, 1.165) is 5.02 Å². The normalized spacial score (nSPS) is 12.7. The quantitative estimate of drug-likeness (QED) is 0.872. The molecule has 0 aliphatic rings. The van der Waals surface area contributed by atoms with Gasteiger partial charge in [-0.1, -0.05) is 24.6 Å². The van der Waals surface area contributed by atoms with E-state index in [-0.39, 0.29) is 0 Å². The van der Waals surface area contributed by atoms with Gasteiger partial charge in [0.15, 0.2) is 0 Å². The highest BCUT2D eigenvalue weighted by atomic mass is 35.5. The van der Waals surface area contributed by atoms with Gasteiger partial charge in [-0.2, -0.15) is 0 Å². The molecule has 0 radical (unpaired) electrons. The summed E-state index contributed by atoms with van der Waals surface area (Å²) in [6, 6.07) is 8.26. The van der Waals surface area contributed by atoms with Crippen LogP contribution in [0.2, 0.25) is 5.02 Å². The first kappa shape index (κ1) is 12.6. The fourth-order valence-corrected chi connectivity index (χ4v) is 3.14. The summed E-state index contributed by atoms with van der Waals surface area (Å²) in [5.41, 5.74) is 9.48. The zero-order valence-electron chi connectivity index (χ0n) is 10.0. The molecule has 17 heavy (non-hydrogen) atoms. The molecule has 1 nitrogen and oxygen atoms in total. The van der Waals surface area contributed by atoms with Gasteiger partial charge in [-0.3, -0.25) is 0 Å². The highest BCUT2D eigenvalue weighted by molar-refractivity contribution is 7.13. The second-order valence-electron chi connectivity index (χ2n) is 4.34. The average molecular weight is 266 g/mol. The van der Waals surface area contributed by atoms with Crippen molar-refractivity contribution < 1.29 is 0 Å². The number of aryl methyl sites for hydroxylation is 1. The number of hydrogen-bond acceptors (Lipinski definition) is 2. The summed E-state index contributed by atoms with van der Waals surface area (Å²) in [5.74, 6) is 0.424. The molecule has 0 aliphatic carbocycles. The fraction of sp³-hybridized carbons (Fsp3) is 0.286. The summed E-state index contributed by atoms with van der Waals surface area (Å²) in [6.45, 7) is 4.93. The van der Waals surface area contributed by atoms with Crippen LogP contribution in [0, 0.1) is 6.92 Å². The minimum atomic E-state index is 0.424. The van der Waals surface area contributed by atoms with E-state index < -0.39 is 0 Å². The molecule has 2 N–H and O–H groups in total. The zero-order valence-corrected chi connectivity index (χ0v) is 11.6. The first-order valence-electron chi connectivity index (χ1n) is 5.67. The Morgan fingerprint density at radius 2 is 2.12 bits per heavy atom. The van der Waals surface area contributed by atoms with E-state index in [2.05, 4.69) is 31.4 Å². The van der Waals surface area contributed by atoms with Gasteiger partial charge in [0.2, 0.25) is 0 Å². The lowest BCUT2D eigenvalue weighted by molar-refractivity contribution is 0.778. The lowest BCUT2D eigenvalue weighted by Crippen LogP contribution is -2.07. The van der Waals surface area contributed by atoms with Gasteiger partial charge in [0.1, 0.15) is 0 Å². The fourth-order valence-electron chi connectivity index (χ4n) is 1.79. The van der Waals surface area contributed by atoms with Crippen LogP contribution in [-0.4, -0.2) is 6.54 Å². The second-order valence-corrected chi connectivity index (χ2v) is 5.69. The van der Waals surface area contributed by atoms with E-state index in [1.807, 2.05) is 12.1 Å². The number of hydrogen-bond donors (Lipinski definition) is 1. The summed E-state index contributed by atoms with van der Waals surface area (Å²) in [4.78, 5) is 1.29. The highest BCUT2D eigenvalue weighted by Crippen LogP contribution is 2.33. The molecule has 2 aromatic rings.